The maximum absolute atomic E-state index is 13.0. The Hall–Kier alpha value is -1.71. The normalized spacial score (nSPS) is 13.9. The molecular formula is C30H55N3O. The van der Waals surface area contributed by atoms with E-state index in [1.807, 2.05) is 6.07 Å². The van der Waals surface area contributed by atoms with Crippen molar-refractivity contribution in [3.05, 3.63) is 18.2 Å². The fourth-order valence-electron chi connectivity index (χ4n) is 4.80. The van der Waals surface area contributed by atoms with E-state index in [2.05, 4.69) is 63.9 Å². The molecule has 196 valence electrons. The van der Waals surface area contributed by atoms with Crippen molar-refractivity contribution in [2.24, 2.45) is 17.8 Å². The number of amides is 1. The Balaban J connectivity index is 3.15. The van der Waals surface area contributed by atoms with Gasteiger partial charge in [0.2, 0.25) is 5.91 Å². The van der Waals surface area contributed by atoms with Crippen molar-refractivity contribution in [2.45, 2.75) is 119 Å². The van der Waals surface area contributed by atoms with E-state index < -0.39 is 0 Å². The van der Waals surface area contributed by atoms with E-state index in [1.165, 1.54) is 57.1 Å². The first-order chi connectivity index (χ1) is 16.4. The Morgan fingerprint density at radius 3 is 1.82 bits per heavy atom. The summed E-state index contributed by atoms with van der Waals surface area (Å²) in [7, 11) is 0. The molecule has 1 rings (SSSR count). The van der Waals surface area contributed by atoms with Crippen molar-refractivity contribution in [1.82, 2.24) is 0 Å². The lowest BCUT2D eigenvalue weighted by atomic mass is 9.95. The molecule has 0 fully saturated rings. The van der Waals surface area contributed by atoms with Gasteiger partial charge in [0.05, 0.1) is 11.4 Å². The van der Waals surface area contributed by atoms with Crippen LogP contribution in [-0.4, -0.2) is 19.0 Å². The first-order valence-electron chi connectivity index (χ1n) is 14.4. The molecule has 0 aromatic heterocycles. The van der Waals surface area contributed by atoms with Crippen molar-refractivity contribution in [3.63, 3.8) is 0 Å². The Kier molecular flexibility index (Phi) is 15.8. The summed E-state index contributed by atoms with van der Waals surface area (Å²) >= 11 is 0. The van der Waals surface area contributed by atoms with Gasteiger partial charge in [-0.3, -0.25) is 4.79 Å². The van der Waals surface area contributed by atoms with Gasteiger partial charge in [-0.05, 0) is 55.7 Å². The average Bonchev–Trinajstić information content (AvgIpc) is 2.85. The molecule has 3 unspecified atom stereocenters. The van der Waals surface area contributed by atoms with Crippen LogP contribution in [0.25, 0.3) is 0 Å². The summed E-state index contributed by atoms with van der Waals surface area (Å²) in [6, 6.07) is 6.25. The maximum atomic E-state index is 13.0. The number of benzene rings is 1. The summed E-state index contributed by atoms with van der Waals surface area (Å²) in [5, 5.41) is 3.18. The summed E-state index contributed by atoms with van der Waals surface area (Å²) in [6.45, 7) is 15.6. The molecule has 0 saturated heterocycles. The predicted molar refractivity (Wildman–Crippen MR) is 152 cm³/mol. The van der Waals surface area contributed by atoms with Crippen LogP contribution >= 0.6 is 0 Å². The Bertz CT molecular complexity index is 657. The van der Waals surface area contributed by atoms with Gasteiger partial charge in [-0.2, -0.15) is 0 Å². The van der Waals surface area contributed by atoms with Crippen LogP contribution in [0.1, 0.15) is 119 Å². The van der Waals surface area contributed by atoms with Gasteiger partial charge < -0.3 is 16.0 Å². The number of hydrogen-bond acceptors (Lipinski definition) is 3. The minimum absolute atomic E-state index is 0.0520. The Morgan fingerprint density at radius 1 is 0.824 bits per heavy atom. The highest BCUT2D eigenvalue weighted by molar-refractivity contribution is 5.96. The minimum Gasteiger partial charge on any atom is -0.397 e. The topological polar surface area (TPSA) is 58.4 Å². The molecule has 0 saturated carbocycles. The zero-order valence-electron chi connectivity index (χ0n) is 23.3. The van der Waals surface area contributed by atoms with E-state index >= 15 is 0 Å². The van der Waals surface area contributed by atoms with Crippen LogP contribution < -0.4 is 16.0 Å². The molecule has 0 spiro atoms. The number of unbranched alkanes of at least 4 members (excludes halogenated alkanes) is 3. The smallest absolute Gasteiger partial charge is 0.227 e. The van der Waals surface area contributed by atoms with Crippen molar-refractivity contribution < 1.29 is 4.79 Å². The Labute approximate surface area is 211 Å². The molecule has 0 radical (unpaired) electrons. The first-order valence-corrected chi connectivity index (χ1v) is 14.4. The van der Waals surface area contributed by atoms with Crippen LogP contribution in [0, 0.1) is 17.8 Å². The maximum Gasteiger partial charge on any atom is 0.227 e. The number of hydrogen-bond donors (Lipinski definition) is 2. The molecule has 0 bridgehead atoms. The van der Waals surface area contributed by atoms with Gasteiger partial charge in [-0.15, -0.1) is 0 Å². The quantitative estimate of drug-likeness (QED) is 0.198. The number of rotatable bonds is 19. The van der Waals surface area contributed by atoms with E-state index in [4.69, 9.17) is 5.73 Å². The standard InChI is InChI=1S/C30H55N3O/c1-7-13-16-24(10-4)22-33(23-25(11-5)17-14-8-2)27-19-20-28(31)29(21-27)32-30(34)26(12-6)18-15-9-3/h19-21,24-26H,7-18,22-23,31H2,1-6H3,(H,32,34). The summed E-state index contributed by atoms with van der Waals surface area (Å²) < 4.78 is 0. The molecular weight excluding hydrogens is 418 g/mol. The molecule has 0 aliphatic heterocycles. The SMILES string of the molecule is CCCCC(CC)CN(CC(CC)CCCC)c1ccc(N)c(NC(=O)C(CC)CCCC)c1. The first kappa shape index (κ1) is 30.3. The number of carbonyl (C=O) groups excluding carboxylic acids is 1. The molecule has 3 N–H and O–H groups in total. The number of nitrogens with one attached hydrogen (secondary N) is 1. The van der Waals surface area contributed by atoms with E-state index in [9.17, 15) is 4.79 Å². The predicted octanol–water partition coefficient (Wildman–Crippen LogP) is 8.66. The van der Waals surface area contributed by atoms with Gasteiger partial charge in [0.25, 0.3) is 0 Å². The molecule has 3 atom stereocenters. The second-order valence-corrected chi connectivity index (χ2v) is 10.2. The largest absolute Gasteiger partial charge is 0.397 e. The summed E-state index contributed by atoms with van der Waals surface area (Å²) in [6.07, 6.45) is 14.1. The van der Waals surface area contributed by atoms with Gasteiger partial charge in [0.1, 0.15) is 0 Å². The molecule has 1 amide bonds. The third kappa shape index (κ3) is 10.7. The zero-order chi connectivity index (χ0) is 25.3. The highest BCUT2D eigenvalue weighted by Gasteiger charge is 2.20. The lowest BCUT2D eigenvalue weighted by molar-refractivity contribution is -0.120. The molecule has 4 heteroatoms. The lowest BCUT2D eigenvalue weighted by Crippen LogP contribution is -2.34. The highest BCUT2D eigenvalue weighted by Crippen LogP contribution is 2.30. The zero-order valence-corrected chi connectivity index (χ0v) is 23.3. The monoisotopic (exact) mass is 473 g/mol. The second-order valence-electron chi connectivity index (χ2n) is 10.2. The highest BCUT2D eigenvalue weighted by atomic mass is 16.1. The molecule has 0 heterocycles. The van der Waals surface area contributed by atoms with Gasteiger partial charge in [-0.1, -0.05) is 92.9 Å². The third-order valence-corrected chi connectivity index (χ3v) is 7.47. The van der Waals surface area contributed by atoms with Crippen LogP contribution in [0.3, 0.4) is 0 Å². The van der Waals surface area contributed by atoms with Crippen molar-refractivity contribution in [2.75, 3.05) is 29.0 Å². The van der Waals surface area contributed by atoms with Crippen LogP contribution in [-0.2, 0) is 4.79 Å². The molecule has 0 aliphatic carbocycles. The van der Waals surface area contributed by atoms with E-state index in [1.54, 1.807) is 0 Å². The minimum atomic E-state index is 0.0520. The molecule has 34 heavy (non-hydrogen) atoms. The summed E-state index contributed by atoms with van der Waals surface area (Å²) in [5.41, 5.74) is 8.94. The van der Waals surface area contributed by atoms with Crippen LogP contribution in [0.2, 0.25) is 0 Å². The van der Waals surface area contributed by atoms with Gasteiger partial charge in [0.15, 0.2) is 0 Å². The van der Waals surface area contributed by atoms with Crippen molar-refractivity contribution in [3.8, 4) is 0 Å². The number of nitrogens with zero attached hydrogens (tertiary/aromatic N) is 1. The van der Waals surface area contributed by atoms with E-state index in [0.29, 0.717) is 17.5 Å². The lowest BCUT2D eigenvalue weighted by Gasteiger charge is -2.33. The fourth-order valence-corrected chi connectivity index (χ4v) is 4.80. The molecule has 0 aliphatic rings. The molecule has 1 aromatic rings. The molecule has 1 aromatic carbocycles. The second kappa shape index (κ2) is 17.7. The average molecular weight is 474 g/mol. The number of nitrogens with two attached hydrogens (primary N) is 1. The van der Waals surface area contributed by atoms with E-state index in [0.717, 1.165) is 44.5 Å². The van der Waals surface area contributed by atoms with E-state index in [-0.39, 0.29) is 11.8 Å². The van der Waals surface area contributed by atoms with Crippen molar-refractivity contribution in [1.29, 1.82) is 0 Å². The van der Waals surface area contributed by atoms with Crippen molar-refractivity contribution >= 4 is 23.0 Å². The third-order valence-electron chi connectivity index (χ3n) is 7.47. The van der Waals surface area contributed by atoms with Crippen LogP contribution in [0.5, 0.6) is 0 Å². The van der Waals surface area contributed by atoms with Crippen LogP contribution in [0.15, 0.2) is 18.2 Å². The van der Waals surface area contributed by atoms with Gasteiger partial charge in [-0.25, -0.2) is 0 Å². The molecule has 4 nitrogen and oxygen atoms in total. The number of nitrogen functional groups attached to an aromatic ring is 1. The van der Waals surface area contributed by atoms with Crippen LogP contribution in [0.4, 0.5) is 17.1 Å². The fraction of sp³-hybridized carbons (Fsp3) is 0.767. The van der Waals surface area contributed by atoms with Gasteiger partial charge in [0, 0.05) is 24.7 Å². The summed E-state index contributed by atoms with van der Waals surface area (Å²) in [4.78, 5) is 15.6. The number of anilines is 3. The Morgan fingerprint density at radius 2 is 1.35 bits per heavy atom. The van der Waals surface area contributed by atoms with Gasteiger partial charge >= 0.3 is 0 Å². The number of carbonyl (C=O) groups is 1. The summed E-state index contributed by atoms with van der Waals surface area (Å²) in [5.74, 6) is 1.54.